The van der Waals surface area contributed by atoms with Crippen LogP contribution in [0.25, 0.3) is 0 Å². The third-order valence-electron chi connectivity index (χ3n) is 3.93. The predicted molar refractivity (Wildman–Crippen MR) is 98.2 cm³/mol. The molecule has 0 radical (unpaired) electrons. The number of hydrogen-bond acceptors (Lipinski definition) is 5. The van der Waals surface area contributed by atoms with Gasteiger partial charge in [0, 0.05) is 18.7 Å². The van der Waals surface area contributed by atoms with Crippen LogP contribution < -0.4 is 15.4 Å². The summed E-state index contributed by atoms with van der Waals surface area (Å²) in [5.41, 5.74) is 0.518. The molecule has 1 aliphatic rings. The van der Waals surface area contributed by atoms with E-state index in [9.17, 15) is 13.2 Å². The van der Waals surface area contributed by atoms with E-state index in [2.05, 4.69) is 20.3 Å². The molecule has 0 bridgehead atoms. The van der Waals surface area contributed by atoms with Crippen molar-refractivity contribution in [1.29, 1.82) is 0 Å². The molecule has 0 fully saturated rings. The first-order valence-electron chi connectivity index (χ1n) is 8.68. The van der Waals surface area contributed by atoms with Gasteiger partial charge in [0.15, 0.2) is 0 Å². The van der Waals surface area contributed by atoms with Crippen molar-refractivity contribution >= 4 is 21.8 Å². The highest BCUT2D eigenvalue weighted by molar-refractivity contribution is 7.90. The highest BCUT2D eigenvalue weighted by atomic mass is 32.2. The van der Waals surface area contributed by atoms with Crippen LogP contribution >= 0.6 is 0 Å². The maximum Gasteiger partial charge on any atom is 0.263 e. The highest BCUT2D eigenvalue weighted by Crippen LogP contribution is 2.23. The number of amides is 1. The molecule has 0 spiro atoms. The van der Waals surface area contributed by atoms with Gasteiger partial charge >= 0.3 is 0 Å². The Morgan fingerprint density at radius 1 is 1.24 bits per heavy atom. The quantitative estimate of drug-likeness (QED) is 0.568. The van der Waals surface area contributed by atoms with Gasteiger partial charge in [-0.05, 0) is 25.1 Å². The van der Waals surface area contributed by atoms with E-state index in [1.54, 1.807) is 18.2 Å². The average molecular weight is 366 g/mol. The summed E-state index contributed by atoms with van der Waals surface area (Å²) in [7, 11) is -3.59. The molecule has 7 nitrogen and oxygen atoms in total. The number of fused-ring (bicyclic) bond motifs is 1. The monoisotopic (exact) mass is 366 g/mol. The Kier molecular flexibility index (Phi) is 6.95. The molecule has 1 aromatic carbocycles. The smallest absolute Gasteiger partial charge is 0.263 e. The van der Waals surface area contributed by atoms with Gasteiger partial charge in [0.2, 0.25) is 5.91 Å². The summed E-state index contributed by atoms with van der Waals surface area (Å²) in [5, 5.41) is 6.00. The Morgan fingerprint density at radius 3 is 2.72 bits per heavy atom. The van der Waals surface area contributed by atoms with Gasteiger partial charge in [-0.2, -0.15) is 0 Å². The van der Waals surface area contributed by atoms with Gasteiger partial charge in [0.1, 0.15) is 11.9 Å². The molecule has 0 aromatic heterocycles. The Labute approximate surface area is 149 Å². The van der Waals surface area contributed by atoms with Gasteiger partial charge < -0.3 is 10.6 Å². The van der Waals surface area contributed by atoms with Crippen LogP contribution in [0.5, 0.6) is 0 Å². The molecule has 1 amide bonds. The van der Waals surface area contributed by atoms with Gasteiger partial charge in [0.25, 0.3) is 10.0 Å². The molecule has 2 rings (SSSR count). The molecule has 0 saturated heterocycles. The average Bonchev–Trinajstić information content (AvgIpc) is 2.86. The van der Waals surface area contributed by atoms with Crippen LogP contribution in [0.3, 0.4) is 0 Å². The normalized spacial score (nSPS) is 17.8. The van der Waals surface area contributed by atoms with E-state index in [4.69, 9.17) is 0 Å². The van der Waals surface area contributed by atoms with E-state index >= 15 is 0 Å². The number of likely N-dealkylation sites (N-methyl/N-ethyl adjacent to an activating group) is 1. The fourth-order valence-electron chi connectivity index (χ4n) is 2.61. The maximum atomic E-state index is 12.5. The number of benzene rings is 1. The molecule has 138 valence electrons. The molecular weight excluding hydrogens is 340 g/mol. The van der Waals surface area contributed by atoms with Crippen molar-refractivity contribution in [2.75, 3.05) is 19.6 Å². The first kappa shape index (κ1) is 19.4. The molecule has 1 aliphatic heterocycles. The van der Waals surface area contributed by atoms with Crippen LogP contribution in [-0.2, 0) is 14.8 Å². The van der Waals surface area contributed by atoms with Crippen LogP contribution in [0.15, 0.2) is 34.2 Å². The number of aliphatic imine (C=N–C) groups is 1. The van der Waals surface area contributed by atoms with Crippen molar-refractivity contribution in [2.24, 2.45) is 4.99 Å². The van der Waals surface area contributed by atoms with Crippen LogP contribution in [0.1, 0.15) is 38.7 Å². The van der Waals surface area contributed by atoms with E-state index in [1.165, 1.54) is 6.07 Å². The van der Waals surface area contributed by atoms with E-state index in [1.807, 2.05) is 13.8 Å². The number of hydrogen-bond donors (Lipinski definition) is 3. The third-order valence-corrected chi connectivity index (χ3v) is 5.33. The molecule has 25 heavy (non-hydrogen) atoms. The Morgan fingerprint density at radius 2 is 2.00 bits per heavy atom. The number of sulfonamides is 1. The van der Waals surface area contributed by atoms with Crippen LogP contribution in [0, 0.1) is 0 Å². The van der Waals surface area contributed by atoms with Gasteiger partial charge in [-0.1, -0.05) is 38.8 Å². The SMILES string of the molecule is CCCCC(N=C1NS(=O)(=O)c2ccccc21)C(=O)NCCNCC. The van der Waals surface area contributed by atoms with E-state index in [-0.39, 0.29) is 16.6 Å². The zero-order valence-corrected chi connectivity index (χ0v) is 15.5. The standard InChI is InChI=1S/C17H26N4O3S/c1-3-5-9-14(17(22)19-12-11-18-4-2)20-16-13-8-6-7-10-15(13)25(23,24)21-16/h6-8,10,14,18H,3-5,9,11-12H2,1-2H3,(H,19,22)(H,20,21). The molecule has 0 saturated carbocycles. The van der Waals surface area contributed by atoms with Crippen LogP contribution in [-0.4, -0.2) is 45.8 Å². The largest absolute Gasteiger partial charge is 0.353 e. The Balaban J connectivity index is 2.18. The van der Waals surface area contributed by atoms with Crippen LogP contribution in [0.2, 0.25) is 0 Å². The Bertz CT molecular complexity index is 731. The van der Waals surface area contributed by atoms with E-state index in [0.29, 0.717) is 25.1 Å². The molecule has 1 aromatic rings. The van der Waals surface area contributed by atoms with E-state index in [0.717, 1.165) is 19.4 Å². The molecule has 1 unspecified atom stereocenters. The predicted octanol–water partition coefficient (Wildman–Crippen LogP) is 1.01. The Hall–Kier alpha value is -1.93. The van der Waals surface area contributed by atoms with Crippen molar-refractivity contribution in [3.63, 3.8) is 0 Å². The van der Waals surface area contributed by atoms with Crippen molar-refractivity contribution in [3.05, 3.63) is 29.8 Å². The zero-order chi connectivity index (χ0) is 18.3. The summed E-state index contributed by atoms with van der Waals surface area (Å²) in [6.07, 6.45) is 2.36. The van der Waals surface area contributed by atoms with Gasteiger partial charge in [0.05, 0.1) is 4.90 Å². The summed E-state index contributed by atoms with van der Waals surface area (Å²) in [4.78, 5) is 17.1. The lowest BCUT2D eigenvalue weighted by atomic mass is 10.1. The second-order valence-electron chi connectivity index (χ2n) is 5.88. The second kappa shape index (κ2) is 8.96. The number of nitrogens with one attached hydrogen (secondary N) is 3. The fourth-order valence-corrected chi connectivity index (χ4v) is 3.85. The van der Waals surface area contributed by atoms with Crippen molar-refractivity contribution in [3.8, 4) is 0 Å². The summed E-state index contributed by atoms with van der Waals surface area (Å²) in [5.74, 6) is 0.0703. The maximum absolute atomic E-state index is 12.5. The fraction of sp³-hybridized carbons (Fsp3) is 0.529. The summed E-state index contributed by atoms with van der Waals surface area (Å²) >= 11 is 0. The van der Waals surface area contributed by atoms with Gasteiger partial charge in [-0.25, -0.2) is 8.42 Å². The lowest BCUT2D eigenvalue weighted by Gasteiger charge is -2.14. The number of rotatable bonds is 9. The summed E-state index contributed by atoms with van der Waals surface area (Å²) in [6.45, 7) is 6.09. The molecule has 8 heteroatoms. The number of nitrogens with zero attached hydrogens (tertiary/aromatic N) is 1. The summed E-state index contributed by atoms with van der Waals surface area (Å²) < 4.78 is 26.8. The molecular formula is C17H26N4O3S. The number of carbonyl (C=O) groups is 1. The number of carbonyl (C=O) groups excluding carboxylic acids is 1. The number of amidine groups is 1. The van der Waals surface area contributed by atoms with E-state index < -0.39 is 16.1 Å². The van der Waals surface area contributed by atoms with Crippen molar-refractivity contribution < 1.29 is 13.2 Å². The lowest BCUT2D eigenvalue weighted by Crippen LogP contribution is -2.39. The first-order chi connectivity index (χ1) is 12.0. The second-order valence-corrected chi connectivity index (χ2v) is 7.53. The first-order valence-corrected chi connectivity index (χ1v) is 10.2. The van der Waals surface area contributed by atoms with Gasteiger partial charge in [-0.3, -0.25) is 14.5 Å². The topological polar surface area (TPSA) is 99.7 Å². The molecule has 1 atom stereocenters. The van der Waals surface area contributed by atoms with Crippen LogP contribution in [0.4, 0.5) is 0 Å². The summed E-state index contributed by atoms with van der Waals surface area (Å²) in [6, 6.07) is 6.06. The molecule has 3 N–H and O–H groups in total. The minimum absolute atomic E-state index is 0.178. The lowest BCUT2D eigenvalue weighted by molar-refractivity contribution is -0.122. The number of unbranched alkanes of at least 4 members (excludes halogenated alkanes) is 1. The molecule has 0 aliphatic carbocycles. The van der Waals surface area contributed by atoms with Crippen molar-refractivity contribution in [2.45, 2.75) is 44.0 Å². The third kappa shape index (κ3) is 5.02. The van der Waals surface area contributed by atoms with Crippen molar-refractivity contribution in [1.82, 2.24) is 15.4 Å². The minimum Gasteiger partial charge on any atom is -0.353 e. The minimum atomic E-state index is -3.59. The highest BCUT2D eigenvalue weighted by Gasteiger charge is 2.31. The van der Waals surface area contributed by atoms with Gasteiger partial charge in [-0.15, -0.1) is 0 Å². The zero-order valence-electron chi connectivity index (χ0n) is 14.7. The molecule has 1 heterocycles.